The van der Waals surface area contributed by atoms with Gasteiger partial charge in [0.2, 0.25) is 0 Å². The third-order valence-electron chi connectivity index (χ3n) is 3.91. The van der Waals surface area contributed by atoms with Crippen molar-refractivity contribution in [3.05, 3.63) is 29.8 Å². The molecule has 1 fully saturated rings. The highest BCUT2D eigenvalue weighted by molar-refractivity contribution is 6.34. The lowest BCUT2D eigenvalue weighted by Crippen LogP contribution is -2.53. The molecule has 1 aromatic rings. The summed E-state index contributed by atoms with van der Waals surface area (Å²) < 4.78 is 5.08. The molecule has 23 heavy (non-hydrogen) atoms. The quantitative estimate of drug-likeness (QED) is 0.709. The lowest BCUT2D eigenvalue weighted by Gasteiger charge is -2.34. The second-order valence-corrected chi connectivity index (χ2v) is 5.45. The molecule has 0 saturated carbocycles. The zero-order valence-electron chi connectivity index (χ0n) is 13.5. The number of ether oxygens (including phenoxy) is 1. The van der Waals surface area contributed by atoms with Crippen LogP contribution in [0.25, 0.3) is 0 Å². The van der Waals surface area contributed by atoms with E-state index in [0.717, 1.165) is 30.9 Å². The van der Waals surface area contributed by atoms with Gasteiger partial charge in [-0.1, -0.05) is 12.1 Å². The summed E-state index contributed by atoms with van der Waals surface area (Å²) in [5.74, 6) is -0.273. The summed E-state index contributed by atoms with van der Waals surface area (Å²) >= 11 is 0. The number of nitrogens with one attached hydrogen (secondary N) is 1. The Morgan fingerprint density at radius 1 is 1.17 bits per heavy atom. The number of hydrogen-bond acceptors (Lipinski definition) is 5. The van der Waals surface area contributed by atoms with Crippen molar-refractivity contribution in [3.8, 4) is 5.75 Å². The minimum Gasteiger partial charge on any atom is -0.497 e. The number of methoxy groups -OCH3 is 1. The summed E-state index contributed by atoms with van der Waals surface area (Å²) in [5, 5.41) is 2.67. The Bertz CT molecular complexity index is 525. The number of benzene rings is 1. The Hall–Kier alpha value is -2.12. The van der Waals surface area contributed by atoms with E-state index in [-0.39, 0.29) is 0 Å². The molecule has 1 heterocycles. The number of nitrogens with zero attached hydrogens (tertiary/aromatic N) is 2. The van der Waals surface area contributed by atoms with E-state index in [9.17, 15) is 9.59 Å². The van der Waals surface area contributed by atoms with Crippen molar-refractivity contribution in [1.29, 1.82) is 0 Å². The molecule has 0 aromatic heterocycles. The topological polar surface area (TPSA) is 87.9 Å². The predicted molar refractivity (Wildman–Crippen MR) is 86.9 cm³/mol. The van der Waals surface area contributed by atoms with Gasteiger partial charge in [0.15, 0.2) is 0 Å². The zero-order valence-corrected chi connectivity index (χ0v) is 13.5. The van der Waals surface area contributed by atoms with Crippen LogP contribution in [0.4, 0.5) is 0 Å². The molecule has 2 amide bonds. The van der Waals surface area contributed by atoms with E-state index in [2.05, 4.69) is 10.2 Å². The fraction of sp³-hybridized carbons (Fsp3) is 0.500. The number of piperazine rings is 1. The smallest absolute Gasteiger partial charge is 0.311 e. The van der Waals surface area contributed by atoms with Gasteiger partial charge < -0.3 is 20.7 Å². The number of rotatable bonds is 5. The Balaban J connectivity index is 1.77. The minimum absolute atomic E-state index is 0.321. The van der Waals surface area contributed by atoms with Crippen LogP contribution in [0, 0.1) is 0 Å². The zero-order chi connectivity index (χ0) is 16.7. The molecule has 126 valence electrons. The van der Waals surface area contributed by atoms with Gasteiger partial charge in [0.1, 0.15) is 5.75 Å². The maximum absolute atomic E-state index is 12.1. The van der Waals surface area contributed by atoms with Crippen LogP contribution in [0.5, 0.6) is 5.75 Å². The lowest BCUT2D eigenvalue weighted by molar-refractivity contribution is -0.147. The second-order valence-electron chi connectivity index (χ2n) is 5.45. The molecule has 0 bridgehead atoms. The Labute approximate surface area is 136 Å². The van der Waals surface area contributed by atoms with Gasteiger partial charge in [-0.15, -0.1) is 0 Å². The van der Waals surface area contributed by atoms with Crippen LogP contribution in [0.15, 0.2) is 24.3 Å². The van der Waals surface area contributed by atoms with Gasteiger partial charge in [-0.2, -0.15) is 0 Å². The van der Waals surface area contributed by atoms with Gasteiger partial charge in [0.25, 0.3) is 0 Å². The van der Waals surface area contributed by atoms with Crippen molar-refractivity contribution in [2.45, 2.75) is 6.54 Å². The highest BCUT2D eigenvalue weighted by Gasteiger charge is 2.25. The second kappa shape index (κ2) is 8.50. The normalized spacial score (nSPS) is 15.3. The van der Waals surface area contributed by atoms with Gasteiger partial charge in [0.05, 0.1) is 7.11 Å². The van der Waals surface area contributed by atoms with Gasteiger partial charge in [-0.25, -0.2) is 0 Å². The lowest BCUT2D eigenvalue weighted by atomic mass is 10.2. The number of carbonyl (C=O) groups excluding carboxylic acids is 2. The van der Waals surface area contributed by atoms with E-state index in [0.29, 0.717) is 26.2 Å². The summed E-state index contributed by atoms with van der Waals surface area (Å²) in [6.45, 7) is 4.40. The highest BCUT2D eigenvalue weighted by Crippen LogP contribution is 2.11. The van der Waals surface area contributed by atoms with Crippen molar-refractivity contribution in [3.63, 3.8) is 0 Å². The first-order valence-electron chi connectivity index (χ1n) is 7.76. The Morgan fingerprint density at radius 2 is 1.83 bits per heavy atom. The monoisotopic (exact) mass is 320 g/mol. The molecule has 0 unspecified atom stereocenters. The van der Waals surface area contributed by atoms with Crippen LogP contribution < -0.4 is 15.8 Å². The van der Waals surface area contributed by atoms with Crippen molar-refractivity contribution < 1.29 is 14.3 Å². The number of hydrogen-bond donors (Lipinski definition) is 2. The molecule has 1 aliphatic heterocycles. The Morgan fingerprint density at radius 3 is 2.39 bits per heavy atom. The molecule has 7 nitrogen and oxygen atoms in total. The molecule has 0 aliphatic carbocycles. The number of amides is 2. The largest absolute Gasteiger partial charge is 0.497 e. The van der Waals surface area contributed by atoms with E-state index >= 15 is 0 Å². The third kappa shape index (κ3) is 4.94. The minimum atomic E-state index is -0.562. The maximum Gasteiger partial charge on any atom is 0.311 e. The van der Waals surface area contributed by atoms with Crippen LogP contribution in [-0.4, -0.2) is 68.0 Å². The van der Waals surface area contributed by atoms with E-state index < -0.39 is 11.8 Å². The molecular weight excluding hydrogens is 296 g/mol. The summed E-state index contributed by atoms with van der Waals surface area (Å²) in [6, 6.07) is 7.35. The van der Waals surface area contributed by atoms with Gasteiger partial charge in [0, 0.05) is 45.8 Å². The summed E-state index contributed by atoms with van der Waals surface area (Å²) in [5.41, 5.74) is 6.44. The van der Waals surface area contributed by atoms with Gasteiger partial charge in [-0.05, 0) is 17.7 Å². The molecule has 0 spiro atoms. The SMILES string of the molecule is COc1ccc(CNC(=O)C(=O)N2CCN(CCN)CC2)cc1. The van der Waals surface area contributed by atoms with Crippen LogP contribution >= 0.6 is 0 Å². The van der Waals surface area contributed by atoms with E-state index in [1.165, 1.54) is 0 Å². The molecule has 3 N–H and O–H groups in total. The van der Waals surface area contributed by atoms with Crippen LogP contribution in [0.1, 0.15) is 5.56 Å². The fourth-order valence-corrected chi connectivity index (χ4v) is 2.50. The maximum atomic E-state index is 12.1. The van der Waals surface area contributed by atoms with Crippen molar-refractivity contribution in [2.75, 3.05) is 46.4 Å². The molecular formula is C16H24N4O3. The molecule has 2 rings (SSSR count). The molecule has 1 saturated heterocycles. The average molecular weight is 320 g/mol. The molecule has 0 atom stereocenters. The Kier molecular flexibility index (Phi) is 6.37. The van der Waals surface area contributed by atoms with Gasteiger partial charge >= 0.3 is 11.8 Å². The van der Waals surface area contributed by atoms with Crippen molar-refractivity contribution in [2.24, 2.45) is 5.73 Å². The molecule has 1 aromatic carbocycles. The van der Waals surface area contributed by atoms with Crippen LogP contribution in [-0.2, 0) is 16.1 Å². The summed E-state index contributed by atoms with van der Waals surface area (Å²) in [7, 11) is 1.60. The van der Waals surface area contributed by atoms with Gasteiger partial charge in [-0.3, -0.25) is 14.5 Å². The van der Waals surface area contributed by atoms with Crippen molar-refractivity contribution in [1.82, 2.24) is 15.1 Å². The standard InChI is InChI=1S/C16H24N4O3/c1-23-14-4-2-13(3-5-14)12-18-15(21)16(22)20-10-8-19(7-6-17)9-11-20/h2-5H,6-12,17H2,1H3,(H,18,21). The first-order valence-corrected chi connectivity index (χ1v) is 7.76. The third-order valence-corrected chi connectivity index (χ3v) is 3.91. The first-order chi connectivity index (χ1) is 11.1. The first kappa shape index (κ1) is 17.2. The fourth-order valence-electron chi connectivity index (χ4n) is 2.50. The molecule has 1 aliphatic rings. The molecule has 0 radical (unpaired) electrons. The number of carbonyl (C=O) groups is 2. The van der Waals surface area contributed by atoms with Crippen molar-refractivity contribution >= 4 is 11.8 Å². The highest BCUT2D eigenvalue weighted by atomic mass is 16.5. The van der Waals surface area contributed by atoms with Crippen LogP contribution in [0.2, 0.25) is 0 Å². The summed E-state index contributed by atoms with van der Waals surface area (Å²) in [6.07, 6.45) is 0. The number of nitrogens with two attached hydrogens (primary N) is 1. The predicted octanol–water partition coefficient (Wildman–Crippen LogP) is -0.586. The van der Waals surface area contributed by atoms with E-state index in [1.807, 2.05) is 24.3 Å². The average Bonchev–Trinajstić information content (AvgIpc) is 2.60. The summed E-state index contributed by atoms with van der Waals surface area (Å²) in [4.78, 5) is 27.9. The molecule has 7 heteroatoms. The van der Waals surface area contributed by atoms with Crippen LogP contribution in [0.3, 0.4) is 0 Å². The van der Waals surface area contributed by atoms with E-state index in [1.54, 1.807) is 12.0 Å². The van der Waals surface area contributed by atoms with E-state index in [4.69, 9.17) is 10.5 Å².